The van der Waals surface area contributed by atoms with Crippen molar-refractivity contribution in [1.82, 2.24) is 0 Å². The van der Waals surface area contributed by atoms with Crippen LogP contribution in [0, 0.1) is 11.8 Å². The number of hydrogen-bond acceptors (Lipinski definition) is 0. The molecule has 0 saturated heterocycles. The second-order valence-corrected chi connectivity index (χ2v) is 5.57. The summed E-state index contributed by atoms with van der Waals surface area (Å²) in [6.07, 6.45) is 21.2. The highest BCUT2D eigenvalue weighted by atomic mass is 14.2. The fourth-order valence-corrected chi connectivity index (χ4v) is 3.21. The summed E-state index contributed by atoms with van der Waals surface area (Å²) in [5.74, 6) is 1.96. The van der Waals surface area contributed by atoms with E-state index in [2.05, 4.69) is 12.2 Å². The van der Waals surface area contributed by atoms with E-state index in [1.807, 2.05) is 0 Å². The Hall–Kier alpha value is -0.260. The van der Waals surface area contributed by atoms with Gasteiger partial charge in [-0.05, 0) is 31.1 Å². The molecular formula is C15H26. The van der Waals surface area contributed by atoms with Gasteiger partial charge in [-0.25, -0.2) is 0 Å². The van der Waals surface area contributed by atoms with Crippen molar-refractivity contribution in [2.45, 2.75) is 70.6 Å². The van der Waals surface area contributed by atoms with Gasteiger partial charge in [0.15, 0.2) is 0 Å². The molecule has 0 aromatic rings. The van der Waals surface area contributed by atoms with E-state index >= 15 is 0 Å². The monoisotopic (exact) mass is 206 g/mol. The zero-order valence-electron chi connectivity index (χ0n) is 10.1. The van der Waals surface area contributed by atoms with Gasteiger partial charge in [0.1, 0.15) is 0 Å². The SMILES string of the molecule is C(=CC1CCCCC1)CC1CCCCC1. The molecule has 2 fully saturated rings. The molecule has 0 nitrogen and oxygen atoms in total. The highest BCUT2D eigenvalue weighted by molar-refractivity contribution is 4.91. The molecule has 2 aliphatic carbocycles. The zero-order valence-corrected chi connectivity index (χ0v) is 10.1. The molecular weight excluding hydrogens is 180 g/mol. The van der Waals surface area contributed by atoms with Gasteiger partial charge in [0, 0.05) is 0 Å². The zero-order chi connectivity index (χ0) is 10.3. The van der Waals surface area contributed by atoms with Crippen LogP contribution in [-0.4, -0.2) is 0 Å². The summed E-state index contributed by atoms with van der Waals surface area (Å²) < 4.78 is 0. The largest absolute Gasteiger partial charge is 0.0880 e. The molecule has 0 unspecified atom stereocenters. The minimum atomic E-state index is 0.933. The third-order valence-electron chi connectivity index (χ3n) is 4.25. The van der Waals surface area contributed by atoms with E-state index in [1.165, 1.54) is 70.6 Å². The Morgan fingerprint density at radius 2 is 1.33 bits per heavy atom. The van der Waals surface area contributed by atoms with Gasteiger partial charge < -0.3 is 0 Å². The molecule has 0 atom stereocenters. The van der Waals surface area contributed by atoms with Crippen LogP contribution in [0.1, 0.15) is 70.6 Å². The Morgan fingerprint density at radius 3 is 2.00 bits per heavy atom. The molecule has 2 saturated carbocycles. The van der Waals surface area contributed by atoms with Gasteiger partial charge in [-0.15, -0.1) is 0 Å². The molecule has 2 rings (SSSR count). The molecule has 86 valence electrons. The van der Waals surface area contributed by atoms with Crippen molar-refractivity contribution in [3.05, 3.63) is 12.2 Å². The van der Waals surface area contributed by atoms with Crippen molar-refractivity contribution >= 4 is 0 Å². The summed E-state index contributed by atoms with van der Waals surface area (Å²) in [6.45, 7) is 0. The lowest BCUT2D eigenvalue weighted by Gasteiger charge is -2.21. The van der Waals surface area contributed by atoms with E-state index in [-0.39, 0.29) is 0 Å². The second-order valence-electron chi connectivity index (χ2n) is 5.57. The summed E-state index contributed by atoms with van der Waals surface area (Å²) >= 11 is 0. The summed E-state index contributed by atoms with van der Waals surface area (Å²) in [5, 5.41) is 0. The van der Waals surface area contributed by atoms with Crippen LogP contribution in [0.15, 0.2) is 12.2 Å². The van der Waals surface area contributed by atoms with Crippen molar-refractivity contribution in [1.29, 1.82) is 0 Å². The average molecular weight is 206 g/mol. The fourth-order valence-electron chi connectivity index (χ4n) is 3.21. The first-order valence-electron chi connectivity index (χ1n) is 7.12. The highest BCUT2D eigenvalue weighted by Crippen LogP contribution is 2.28. The molecule has 0 aromatic carbocycles. The van der Waals surface area contributed by atoms with Crippen LogP contribution in [-0.2, 0) is 0 Å². The van der Waals surface area contributed by atoms with Crippen molar-refractivity contribution in [2.75, 3.05) is 0 Å². The average Bonchev–Trinajstić information content (AvgIpc) is 2.32. The summed E-state index contributed by atoms with van der Waals surface area (Å²) in [4.78, 5) is 0. The van der Waals surface area contributed by atoms with Gasteiger partial charge in [-0.1, -0.05) is 63.5 Å². The van der Waals surface area contributed by atoms with Gasteiger partial charge in [0.05, 0.1) is 0 Å². The molecule has 0 spiro atoms. The Labute approximate surface area is 95.1 Å². The van der Waals surface area contributed by atoms with Crippen molar-refractivity contribution in [3.8, 4) is 0 Å². The predicted molar refractivity (Wildman–Crippen MR) is 66.9 cm³/mol. The van der Waals surface area contributed by atoms with Crippen LogP contribution in [0.25, 0.3) is 0 Å². The third kappa shape index (κ3) is 4.01. The van der Waals surface area contributed by atoms with E-state index in [0.717, 1.165) is 11.8 Å². The van der Waals surface area contributed by atoms with Gasteiger partial charge in [0.2, 0.25) is 0 Å². The lowest BCUT2D eigenvalue weighted by molar-refractivity contribution is 0.359. The fraction of sp³-hybridized carbons (Fsp3) is 0.867. The van der Waals surface area contributed by atoms with Gasteiger partial charge in [0.25, 0.3) is 0 Å². The Kier molecular flexibility index (Phi) is 4.76. The van der Waals surface area contributed by atoms with Gasteiger partial charge in [-0.2, -0.15) is 0 Å². The quantitative estimate of drug-likeness (QED) is 0.564. The van der Waals surface area contributed by atoms with E-state index in [0.29, 0.717) is 0 Å². The molecule has 0 amide bonds. The van der Waals surface area contributed by atoms with E-state index in [1.54, 1.807) is 0 Å². The number of rotatable bonds is 3. The predicted octanol–water partition coefficient (Wildman–Crippen LogP) is 5.09. The summed E-state index contributed by atoms with van der Waals surface area (Å²) in [6, 6.07) is 0. The molecule has 0 heteroatoms. The summed E-state index contributed by atoms with van der Waals surface area (Å²) in [5.41, 5.74) is 0. The molecule has 0 N–H and O–H groups in total. The smallest absolute Gasteiger partial charge is 0.0234 e. The molecule has 0 aromatic heterocycles. The van der Waals surface area contributed by atoms with Gasteiger partial charge >= 0.3 is 0 Å². The van der Waals surface area contributed by atoms with Crippen LogP contribution in [0.3, 0.4) is 0 Å². The van der Waals surface area contributed by atoms with Crippen molar-refractivity contribution in [2.24, 2.45) is 11.8 Å². The van der Waals surface area contributed by atoms with Crippen LogP contribution in [0.5, 0.6) is 0 Å². The maximum absolute atomic E-state index is 2.54. The Morgan fingerprint density at radius 1 is 0.733 bits per heavy atom. The first-order chi connectivity index (χ1) is 7.45. The molecule has 2 aliphatic rings. The Balaban J connectivity index is 1.64. The lowest BCUT2D eigenvalue weighted by Crippen LogP contribution is -2.06. The first kappa shape index (κ1) is 11.2. The summed E-state index contributed by atoms with van der Waals surface area (Å²) in [7, 11) is 0. The minimum Gasteiger partial charge on any atom is -0.0880 e. The van der Waals surface area contributed by atoms with E-state index in [9.17, 15) is 0 Å². The van der Waals surface area contributed by atoms with Crippen LogP contribution < -0.4 is 0 Å². The maximum Gasteiger partial charge on any atom is -0.0234 e. The van der Waals surface area contributed by atoms with E-state index < -0.39 is 0 Å². The highest BCUT2D eigenvalue weighted by Gasteiger charge is 2.12. The molecule has 0 bridgehead atoms. The van der Waals surface area contributed by atoms with E-state index in [4.69, 9.17) is 0 Å². The normalized spacial score (nSPS) is 26.1. The minimum absolute atomic E-state index is 0.933. The molecule has 0 aliphatic heterocycles. The Bertz CT molecular complexity index is 180. The maximum atomic E-state index is 2.54. The third-order valence-corrected chi connectivity index (χ3v) is 4.25. The van der Waals surface area contributed by atoms with Crippen molar-refractivity contribution in [3.63, 3.8) is 0 Å². The van der Waals surface area contributed by atoms with Crippen molar-refractivity contribution < 1.29 is 0 Å². The lowest BCUT2D eigenvalue weighted by atomic mass is 9.85. The second kappa shape index (κ2) is 6.35. The van der Waals surface area contributed by atoms with Crippen LogP contribution in [0.4, 0.5) is 0 Å². The number of hydrogen-bond donors (Lipinski definition) is 0. The van der Waals surface area contributed by atoms with Crippen LogP contribution >= 0.6 is 0 Å². The van der Waals surface area contributed by atoms with Crippen LogP contribution in [0.2, 0.25) is 0 Å². The standard InChI is InChI=1S/C15H26/c1-3-8-14(9-4-1)12-7-13-15-10-5-2-6-11-15/h7,12,14-15H,1-6,8-11,13H2. The molecule has 0 radical (unpaired) electrons. The van der Waals surface area contributed by atoms with Gasteiger partial charge in [-0.3, -0.25) is 0 Å². The first-order valence-corrected chi connectivity index (χ1v) is 7.12. The molecule has 0 heterocycles. The topological polar surface area (TPSA) is 0 Å². The molecule has 15 heavy (non-hydrogen) atoms. The number of allylic oxidation sites excluding steroid dienone is 2.